The Morgan fingerprint density at radius 2 is 2.00 bits per heavy atom. The zero-order valence-electron chi connectivity index (χ0n) is 5.26. The van der Waals surface area contributed by atoms with Crippen LogP contribution in [0.4, 0.5) is 0 Å². The van der Waals surface area contributed by atoms with Crippen LogP contribution >= 0.6 is 0 Å². The third kappa shape index (κ3) is 2.09. The molecule has 8 heavy (non-hydrogen) atoms. The number of rotatable bonds is 2. The molecule has 1 atom stereocenters. The maximum absolute atomic E-state index is 8.96. The topological polar surface area (TPSA) is 40.5 Å². The molecule has 0 aromatic carbocycles. The molecular formula is C6H12O2. The van der Waals surface area contributed by atoms with Crippen molar-refractivity contribution in [1.82, 2.24) is 0 Å². The van der Waals surface area contributed by atoms with E-state index >= 15 is 0 Å². The van der Waals surface area contributed by atoms with Crippen molar-refractivity contribution in [2.45, 2.75) is 25.6 Å². The van der Waals surface area contributed by atoms with Crippen LogP contribution in [0.2, 0.25) is 0 Å². The summed E-state index contributed by atoms with van der Waals surface area (Å²) in [5, 5.41) is 17.8. The van der Waals surface area contributed by atoms with Gasteiger partial charge in [0.1, 0.15) is 0 Å². The van der Waals surface area contributed by atoms with Crippen LogP contribution in [-0.2, 0) is 0 Å². The molecule has 0 aliphatic rings. The van der Waals surface area contributed by atoms with Gasteiger partial charge < -0.3 is 10.2 Å². The molecule has 0 bridgehead atoms. The van der Waals surface area contributed by atoms with Crippen molar-refractivity contribution in [1.29, 1.82) is 0 Å². The SMILES string of the molecule is C=CC(O)C(C)(C)O. The van der Waals surface area contributed by atoms with Gasteiger partial charge in [0.15, 0.2) is 0 Å². The van der Waals surface area contributed by atoms with E-state index in [4.69, 9.17) is 10.2 Å². The second kappa shape index (κ2) is 2.29. The van der Waals surface area contributed by atoms with Gasteiger partial charge in [-0.3, -0.25) is 0 Å². The van der Waals surface area contributed by atoms with Gasteiger partial charge in [-0.15, -0.1) is 6.58 Å². The molecule has 0 spiro atoms. The minimum absolute atomic E-state index is 0.831. The lowest BCUT2D eigenvalue weighted by Gasteiger charge is -2.20. The number of hydrogen-bond donors (Lipinski definition) is 2. The molecule has 1 unspecified atom stereocenters. The number of aliphatic hydroxyl groups excluding tert-OH is 1. The Bertz CT molecular complexity index is 81.0. The van der Waals surface area contributed by atoms with Crippen molar-refractivity contribution in [3.8, 4) is 0 Å². The van der Waals surface area contributed by atoms with E-state index in [-0.39, 0.29) is 0 Å². The van der Waals surface area contributed by atoms with E-state index in [2.05, 4.69) is 6.58 Å². The quantitative estimate of drug-likeness (QED) is 0.509. The average Bonchev–Trinajstić information content (AvgIpc) is 1.62. The van der Waals surface area contributed by atoms with E-state index in [9.17, 15) is 0 Å². The van der Waals surface area contributed by atoms with Crippen LogP contribution in [-0.4, -0.2) is 21.9 Å². The molecule has 0 aromatic heterocycles. The predicted octanol–water partition coefficient (Wildman–Crippen LogP) is 0.304. The zero-order chi connectivity index (χ0) is 6.78. The van der Waals surface area contributed by atoms with E-state index in [0.29, 0.717) is 0 Å². The molecule has 48 valence electrons. The van der Waals surface area contributed by atoms with E-state index in [1.54, 1.807) is 0 Å². The summed E-state index contributed by atoms with van der Waals surface area (Å²) in [6, 6.07) is 0. The second-order valence-corrected chi connectivity index (χ2v) is 2.33. The van der Waals surface area contributed by atoms with Crippen LogP contribution in [0.1, 0.15) is 13.8 Å². The Morgan fingerprint density at radius 1 is 1.62 bits per heavy atom. The molecule has 0 saturated heterocycles. The number of aliphatic hydroxyl groups is 2. The largest absolute Gasteiger partial charge is 0.387 e. The summed E-state index contributed by atoms with van der Waals surface area (Å²) >= 11 is 0. The molecule has 0 aliphatic heterocycles. The Labute approximate surface area is 49.5 Å². The monoisotopic (exact) mass is 116 g/mol. The Kier molecular flexibility index (Phi) is 2.19. The third-order valence-corrected chi connectivity index (χ3v) is 0.947. The normalized spacial score (nSPS) is 15.5. The standard InChI is InChI=1S/C6H12O2/c1-4-5(7)6(2,3)8/h4-5,7-8H,1H2,2-3H3. The summed E-state index contributed by atoms with van der Waals surface area (Å²) in [6.07, 6.45) is 0.475. The van der Waals surface area contributed by atoms with Crippen LogP contribution < -0.4 is 0 Å². The fourth-order valence-corrected chi connectivity index (χ4v) is 0.288. The highest BCUT2D eigenvalue weighted by molar-refractivity contribution is 4.89. The summed E-state index contributed by atoms with van der Waals surface area (Å²) in [4.78, 5) is 0. The summed E-state index contributed by atoms with van der Waals surface area (Å²) in [5.41, 5.74) is -1.05. The van der Waals surface area contributed by atoms with Crippen LogP contribution in [0.15, 0.2) is 12.7 Å². The van der Waals surface area contributed by atoms with Gasteiger partial charge in [0.05, 0.1) is 11.7 Å². The third-order valence-electron chi connectivity index (χ3n) is 0.947. The molecule has 0 aliphatic carbocycles. The lowest BCUT2D eigenvalue weighted by molar-refractivity contribution is -0.0224. The Hall–Kier alpha value is -0.340. The van der Waals surface area contributed by atoms with Gasteiger partial charge in [0.25, 0.3) is 0 Å². The molecular weight excluding hydrogens is 104 g/mol. The van der Waals surface area contributed by atoms with Crippen molar-refractivity contribution >= 4 is 0 Å². The average molecular weight is 116 g/mol. The van der Waals surface area contributed by atoms with Gasteiger partial charge in [-0.05, 0) is 13.8 Å². The van der Waals surface area contributed by atoms with Crippen molar-refractivity contribution < 1.29 is 10.2 Å². The summed E-state index contributed by atoms with van der Waals surface area (Å²) < 4.78 is 0. The fraction of sp³-hybridized carbons (Fsp3) is 0.667. The fourth-order valence-electron chi connectivity index (χ4n) is 0.288. The number of hydrogen-bond acceptors (Lipinski definition) is 2. The van der Waals surface area contributed by atoms with E-state index in [0.717, 1.165) is 0 Å². The highest BCUT2D eigenvalue weighted by Crippen LogP contribution is 2.07. The van der Waals surface area contributed by atoms with Gasteiger partial charge in [-0.25, -0.2) is 0 Å². The minimum Gasteiger partial charge on any atom is -0.387 e. The smallest absolute Gasteiger partial charge is 0.0999 e. The summed E-state index contributed by atoms with van der Waals surface area (Å²) in [7, 11) is 0. The van der Waals surface area contributed by atoms with Gasteiger partial charge in [0.2, 0.25) is 0 Å². The van der Waals surface area contributed by atoms with E-state index in [1.807, 2.05) is 0 Å². The summed E-state index contributed by atoms with van der Waals surface area (Å²) in [5.74, 6) is 0. The highest BCUT2D eigenvalue weighted by atomic mass is 16.3. The Balaban J connectivity index is 3.80. The predicted molar refractivity (Wildman–Crippen MR) is 32.5 cm³/mol. The molecule has 0 rings (SSSR count). The van der Waals surface area contributed by atoms with Crippen LogP contribution in [0.25, 0.3) is 0 Å². The maximum Gasteiger partial charge on any atom is 0.0999 e. The first-order valence-electron chi connectivity index (χ1n) is 2.51. The minimum atomic E-state index is -1.05. The van der Waals surface area contributed by atoms with Crippen molar-refractivity contribution in [3.63, 3.8) is 0 Å². The van der Waals surface area contributed by atoms with Crippen LogP contribution in [0.5, 0.6) is 0 Å². The van der Waals surface area contributed by atoms with Crippen LogP contribution in [0, 0.1) is 0 Å². The molecule has 0 fully saturated rings. The molecule has 2 heteroatoms. The molecule has 2 N–H and O–H groups in total. The molecule has 0 heterocycles. The zero-order valence-corrected chi connectivity index (χ0v) is 5.26. The molecule has 0 radical (unpaired) electrons. The van der Waals surface area contributed by atoms with E-state index < -0.39 is 11.7 Å². The first-order valence-corrected chi connectivity index (χ1v) is 2.51. The lowest BCUT2D eigenvalue weighted by Crippen LogP contribution is -2.33. The highest BCUT2D eigenvalue weighted by Gasteiger charge is 2.20. The van der Waals surface area contributed by atoms with Crippen molar-refractivity contribution in [2.75, 3.05) is 0 Å². The molecule has 0 amide bonds. The van der Waals surface area contributed by atoms with Gasteiger partial charge >= 0.3 is 0 Å². The first kappa shape index (κ1) is 7.66. The van der Waals surface area contributed by atoms with Gasteiger partial charge in [-0.2, -0.15) is 0 Å². The van der Waals surface area contributed by atoms with Crippen LogP contribution in [0.3, 0.4) is 0 Å². The van der Waals surface area contributed by atoms with Gasteiger partial charge in [0, 0.05) is 0 Å². The van der Waals surface area contributed by atoms with E-state index in [1.165, 1.54) is 19.9 Å². The first-order chi connectivity index (χ1) is 3.48. The molecule has 0 aromatic rings. The second-order valence-electron chi connectivity index (χ2n) is 2.33. The maximum atomic E-state index is 8.96. The molecule has 0 saturated carbocycles. The van der Waals surface area contributed by atoms with Crippen molar-refractivity contribution in [2.24, 2.45) is 0 Å². The summed E-state index contributed by atoms with van der Waals surface area (Å²) in [6.45, 7) is 6.37. The molecule has 2 nitrogen and oxygen atoms in total. The Morgan fingerprint density at radius 3 is 2.00 bits per heavy atom. The van der Waals surface area contributed by atoms with Crippen molar-refractivity contribution in [3.05, 3.63) is 12.7 Å². The van der Waals surface area contributed by atoms with Gasteiger partial charge in [-0.1, -0.05) is 6.08 Å². The lowest BCUT2D eigenvalue weighted by atomic mass is 10.0.